The molecule has 0 aromatic rings. The van der Waals surface area contributed by atoms with Gasteiger partial charge < -0.3 is 5.11 Å². The maximum absolute atomic E-state index is 10.3. The van der Waals surface area contributed by atoms with E-state index in [4.69, 9.17) is 5.11 Å². The van der Waals surface area contributed by atoms with Gasteiger partial charge >= 0.3 is 0 Å². The van der Waals surface area contributed by atoms with Crippen LogP contribution >= 0.6 is 0 Å². The number of hydrogen-bond acceptors (Lipinski definition) is 4. The molecule has 1 atom stereocenters. The molecule has 0 aromatic heterocycles. The lowest BCUT2D eigenvalue weighted by Crippen LogP contribution is -2.39. The molecule has 1 heterocycles. The molecule has 0 aliphatic carbocycles. The van der Waals surface area contributed by atoms with Gasteiger partial charge in [-0.2, -0.15) is 8.42 Å². The zero-order valence-corrected chi connectivity index (χ0v) is 5.60. The van der Waals surface area contributed by atoms with Crippen molar-refractivity contribution < 1.29 is 17.7 Å². The van der Waals surface area contributed by atoms with Crippen molar-refractivity contribution >= 4 is 10.1 Å². The van der Waals surface area contributed by atoms with Crippen molar-refractivity contribution in [1.82, 2.24) is 0 Å². The van der Waals surface area contributed by atoms with Gasteiger partial charge in [0.1, 0.15) is 5.75 Å². The highest BCUT2D eigenvalue weighted by Crippen LogP contribution is 2.17. The van der Waals surface area contributed by atoms with E-state index in [1.165, 1.54) is 0 Å². The minimum Gasteiger partial charge on any atom is -0.396 e. The molecule has 9 heavy (non-hydrogen) atoms. The first-order valence-corrected chi connectivity index (χ1v) is 4.23. The highest BCUT2D eigenvalue weighted by molar-refractivity contribution is 7.87. The fourth-order valence-corrected chi connectivity index (χ4v) is 1.82. The average Bonchev–Trinajstić information content (AvgIpc) is 1.62. The summed E-state index contributed by atoms with van der Waals surface area (Å²) in [5, 5.41) is 8.30. The van der Waals surface area contributed by atoms with Gasteiger partial charge in [0.2, 0.25) is 0 Å². The lowest BCUT2D eigenvalue weighted by Gasteiger charge is -2.24. The molecule has 0 spiro atoms. The molecule has 1 rings (SSSR count). The zero-order chi connectivity index (χ0) is 6.91. The molecular formula is C4H8O4S. The highest BCUT2D eigenvalue weighted by Gasteiger charge is 2.33. The number of aliphatic hydroxyl groups excluding tert-OH is 1. The second-order valence-corrected chi connectivity index (χ2v) is 3.60. The third-order valence-corrected chi connectivity index (χ3v) is 2.47. The Labute approximate surface area is 53.6 Å². The normalized spacial score (nSPS) is 31.4. The molecule has 1 unspecified atom stereocenters. The van der Waals surface area contributed by atoms with E-state index in [-0.39, 0.29) is 18.5 Å². The molecule has 54 valence electrons. The Hall–Kier alpha value is -0.130. The summed E-state index contributed by atoms with van der Waals surface area (Å²) < 4.78 is 24.9. The van der Waals surface area contributed by atoms with Crippen LogP contribution in [0, 0.1) is 0 Å². The van der Waals surface area contributed by atoms with Crippen LogP contribution in [0.1, 0.15) is 6.42 Å². The SMILES string of the molecule is O=S1(=O)CC(CCO)O1. The van der Waals surface area contributed by atoms with Crippen LogP contribution in [-0.2, 0) is 14.3 Å². The summed E-state index contributed by atoms with van der Waals surface area (Å²) in [6.07, 6.45) is 0.152. The van der Waals surface area contributed by atoms with Crippen molar-refractivity contribution in [2.75, 3.05) is 12.4 Å². The van der Waals surface area contributed by atoms with Crippen LogP contribution in [0.4, 0.5) is 0 Å². The molecule has 1 aliphatic rings. The van der Waals surface area contributed by atoms with Gasteiger partial charge in [-0.05, 0) is 6.42 Å². The molecule has 4 nitrogen and oxygen atoms in total. The molecule has 5 heteroatoms. The fourth-order valence-electron chi connectivity index (χ4n) is 0.703. The molecule has 0 saturated carbocycles. The van der Waals surface area contributed by atoms with Crippen molar-refractivity contribution in [1.29, 1.82) is 0 Å². The summed E-state index contributed by atoms with van der Waals surface area (Å²) in [6, 6.07) is 0. The van der Waals surface area contributed by atoms with Gasteiger partial charge in [-0.15, -0.1) is 0 Å². The van der Waals surface area contributed by atoms with Crippen LogP contribution in [0.15, 0.2) is 0 Å². The van der Waals surface area contributed by atoms with E-state index in [1.54, 1.807) is 0 Å². The van der Waals surface area contributed by atoms with Gasteiger partial charge in [0, 0.05) is 6.61 Å². The second-order valence-electron chi connectivity index (χ2n) is 1.95. The van der Waals surface area contributed by atoms with Crippen molar-refractivity contribution in [2.45, 2.75) is 12.5 Å². The largest absolute Gasteiger partial charge is 0.396 e. The molecule has 1 N–H and O–H groups in total. The number of hydrogen-bond donors (Lipinski definition) is 1. The van der Waals surface area contributed by atoms with E-state index in [2.05, 4.69) is 4.18 Å². The first kappa shape index (κ1) is 6.98. The Balaban J connectivity index is 2.28. The maximum atomic E-state index is 10.3. The number of rotatable bonds is 2. The molecule has 1 saturated heterocycles. The fraction of sp³-hybridized carbons (Fsp3) is 1.00. The molecule has 0 aromatic carbocycles. The van der Waals surface area contributed by atoms with Crippen LogP contribution < -0.4 is 0 Å². The van der Waals surface area contributed by atoms with E-state index in [0.29, 0.717) is 6.42 Å². The minimum atomic E-state index is -3.16. The Kier molecular flexibility index (Phi) is 1.74. The van der Waals surface area contributed by atoms with Gasteiger partial charge in [-0.1, -0.05) is 0 Å². The van der Waals surface area contributed by atoms with Crippen molar-refractivity contribution in [3.05, 3.63) is 0 Å². The average molecular weight is 152 g/mol. The van der Waals surface area contributed by atoms with Crippen LogP contribution in [0.3, 0.4) is 0 Å². The minimum absolute atomic E-state index is 0.0137. The Morgan fingerprint density at radius 1 is 1.67 bits per heavy atom. The predicted molar refractivity (Wildman–Crippen MR) is 30.4 cm³/mol. The van der Waals surface area contributed by atoms with Crippen LogP contribution in [-0.4, -0.2) is 32.0 Å². The summed E-state index contributed by atoms with van der Waals surface area (Å²) in [6.45, 7) is -0.0137. The van der Waals surface area contributed by atoms with Gasteiger partial charge in [0.15, 0.2) is 0 Å². The smallest absolute Gasteiger partial charge is 0.270 e. The Morgan fingerprint density at radius 3 is 2.56 bits per heavy atom. The summed E-state index contributed by atoms with van der Waals surface area (Å²) in [5.74, 6) is 0.0631. The summed E-state index contributed by atoms with van der Waals surface area (Å²) >= 11 is 0. The van der Waals surface area contributed by atoms with Gasteiger partial charge in [-0.25, -0.2) is 0 Å². The van der Waals surface area contributed by atoms with Crippen molar-refractivity contribution in [2.24, 2.45) is 0 Å². The van der Waals surface area contributed by atoms with Gasteiger partial charge in [0.05, 0.1) is 6.10 Å². The first-order valence-electron chi connectivity index (χ1n) is 2.66. The zero-order valence-electron chi connectivity index (χ0n) is 4.78. The molecule has 0 bridgehead atoms. The highest BCUT2D eigenvalue weighted by atomic mass is 32.2. The third-order valence-electron chi connectivity index (χ3n) is 1.12. The molecule has 1 aliphatic heterocycles. The third kappa shape index (κ3) is 1.64. The van der Waals surface area contributed by atoms with E-state index in [9.17, 15) is 8.42 Å². The summed E-state index contributed by atoms with van der Waals surface area (Å²) in [5.41, 5.74) is 0. The first-order chi connectivity index (χ1) is 4.14. The molecule has 0 amide bonds. The van der Waals surface area contributed by atoms with Crippen LogP contribution in [0.5, 0.6) is 0 Å². The standard InChI is InChI=1S/C4H8O4S/c5-2-1-4-3-9(6,7)8-4/h4-5H,1-3H2. The van der Waals surface area contributed by atoms with Crippen LogP contribution in [0.25, 0.3) is 0 Å². The lowest BCUT2D eigenvalue weighted by atomic mass is 10.3. The van der Waals surface area contributed by atoms with E-state index >= 15 is 0 Å². The molecule has 1 fully saturated rings. The molecular weight excluding hydrogens is 144 g/mol. The van der Waals surface area contributed by atoms with Crippen molar-refractivity contribution in [3.63, 3.8) is 0 Å². The Morgan fingerprint density at radius 2 is 2.22 bits per heavy atom. The van der Waals surface area contributed by atoms with E-state index in [1.807, 2.05) is 0 Å². The topological polar surface area (TPSA) is 63.6 Å². The van der Waals surface area contributed by atoms with E-state index in [0.717, 1.165) is 0 Å². The van der Waals surface area contributed by atoms with Gasteiger partial charge in [0.25, 0.3) is 10.1 Å². The number of aliphatic hydroxyl groups is 1. The quantitative estimate of drug-likeness (QED) is 0.521. The Bertz CT molecular complexity index is 171. The summed E-state index contributed by atoms with van der Waals surface area (Å²) in [4.78, 5) is 0. The monoisotopic (exact) mass is 152 g/mol. The van der Waals surface area contributed by atoms with Crippen LogP contribution in [0.2, 0.25) is 0 Å². The van der Waals surface area contributed by atoms with Gasteiger partial charge in [-0.3, -0.25) is 4.18 Å². The lowest BCUT2D eigenvalue weighted by molar-refractivity contribution is 0.139. The van der Waals surface area contributed by atoms with E-state index < -0.39 is 10.1 Å². The molecule has 0 radical (unpaired) electrons. The van der Waals surface area contributed by atoms with Crippen molar-refractivity contribution in [3.8, 4) is 0 Å². The second kappa shape index (κ2) is 2.24. The summed E-state index contributed by atoms with van der Waals surface area (Å²) in [7, 11) is -3.16. The predicted octanol–water partition coefficient (Wildman–Crippen LogP) is -0.903. The maximum Gasteiger partial charge on any atom is 0.270 e.